The number of carbonyl (C=O) groups excluding carboxylic acids is 1. The molecule has 0 atom stereocenters. The predicted octanol–water partition coefficient (Wildman–Crippen LogP) is 3.32. The van der Waals surface area contributed by atoms with Crippen LogP contribution in [0.5, 0.6) is 5.75 Å². The standard InChI is InChI=1S/C19H19N3O2/c1-13-6-3-4-7-15(13)11-20-19(23)17-12-21-22-18(17)14-8-5-9-16(10-14)24-2/h3-10,12H,11H2,1-2H3,(H,20,23)(H,21,22). The normalized spacial score (nSPS) is 10.4. The summed E-state index contributed by atoms with van der Waals surface area (Å²) in [6, 6.07) is 15.5. The summed E-state index contributed by atoms with van der Waals surface area (Å²) in [5, 5.41) is 9.87. The second-order valence-corrected chi connectivity index (χ2v) is 5.50. The van der Waals surface area contributed by atoms with E-state index in [4.69, 9.17) is 4.74 Å². The third kappa shape index (κ3) is 3.30. The van der Waals surface area contributed by atoms with Crippen molar-refractivity contribution in [2.75, 3.05) is 7.11 Å². The van der Waals surface area contributed by atoms with Gasteiger partial charge < -0.3 is 10.1 Å². The highest BCUT2D eigenvalue weighted by Gasteiger charge is 2.15. The molecule has 0 fully saturated rings. The minimum absolute atomic E-state index is 0.162. The number of carbonyl (C=O) groups is 1. The number of aromatic nitrogens is 2. The molecule has 3 rings (SSSR count). The predicted molar refractivity (Wildman–Crippen MR) is 92.9 cm³/mol. The fraction of sp³-hybridized carbons (Fsp3) is 0.158. The molecule has 5 nitrogen and oxygen atoms in total. The van der Waals surface area contributed by atoms with Crippen LogP contribution in [0.15, 0.2) is 54.7 Å². The average molecular weight is 321 g/mol. The Hall–Kier alpha value is -3.08. The number of rotatable bonds is 5. The average Bonchev–Trinajstić information content (AvgIpc) is 3.11. The van der Waals surface area contributed by atoms with Crippen molar-refractivity contribution in [3.63, 3.8) is 0 Å². The molecule has 2 aromatic carbocycles. The first-order chi connectivity index (χ1) is 11.7. The van der Waals surface area contributed by atoms with Crippen molar-refractivity contribution in [2.24, 2.45) is 0 Å². The van der Waals surface area contributed by atoms with E-state index >= 15 is 0 Å². The fourth-order valence-corrected chi connectivity index (χ4v) is 2.54. The Bertz CT molecular complexity index is 855. The number of nitrogens with zero attached hydrogens (tertiary/aromatic N) is 1. The molecule has 5 heteroatoms. The number of methoxy groups -OCH3 is 1. The lowest BCUT2D eigenvalue weighted by atomic mass is 10.1. The number of nitrogens with one attached hydrogen (secondary N) is 2. The Morgan fingerprint density at radius 2 is 2.04 bits per heavy atom. The van der Waals surface area contributed by atoms with E-state index in [0.717, 1.165) is 22.4 Å². The molecule has 0 saturated heterocycles. The summed E-state index contributed by atoms with van der Waals surface area (Å²) in [7, 11) is 1.61. The van der Waals surface area contributed by atoms with E-state index in [1.54, 1.807) is 13.3 Å². The van der Waals surface area contributed by atoms with Crippen LogP contribution >= 0.6 is 0 Å². The largest absolute Gasteiger partial charge is 0.497 e. The molecule has 0 aliphatic carbocycles. The van der Waals surface area contributed by atoms with Crippen LogP contribution in [0.4, 0.5) is 0 Å². The molecule has 0 unspecified atom stereocenters. The number of aromatic amines is 1. The molecule has 0 aliphatic rings. The molecular formula is C19H19N3O2. The van der Waals surface area contributed by atoms with Crippen LogP contribution < -0.4 is 10.1 Å². The second kappa shape index (κ2) is 7.00. The summed E-state index contributed by atoms with van der Waals surface area (Å²) < 4.78 is 5.24. The third-order valence-corrected chi connectivity index (χ3v) is 3.94. The zero-order valence-corrected chi connectivity index (χ0v) is 13.7. The summed E-state index contributed by atoms with van der Waals surface area (Å²) in [4.78, 5) is 12.5. The summed E-state index contributed by atoms with van der Waals surface area (Å²) in [6.07, 6.45) is 1.54. The van der Waals surface area contributed by atoms with Gasteiger partial charge in [-0.15, -0.1) is 0 Å². The van der Waals surface area contributed by atoms with Crippen LogP contribution in [-0.2, 0) is 6.54 Å². The van der Waals surface area contributed by atoms with E-state index in [9.17, 15) is 4.79 Å². The van der Waals surface area contributed by atoms with Gasteiger partial charge in [0.05, 0.1) is 24.6 Å². The van der Waals surface area contributed by atoms with Gasteiger partial charge in [0.1, 0.15) is 5.75 Å². The number of benzene rings is 2. The van der Waals surface area contributed by atoms with Gasteiger partial charge in [0.25, 0.3) is 5.91 Å². The maximum atomic E-state index is 12.5. The molecule has 24 heavy (non-hydrogen) atoms. The Labute approximate surface area is 140 Å². The third-order valence-electron chi connectivity index (χ3n) is 3.94. The van der Waals surface area contributed by atoms with Gasteiger partial charge in [-0.3, -0.25) is 9.89 Å². The minimum Gasteiger partial charge on any atom is -0.497 e. The lowest BCUT2D eigenvalue weighted by Crippen LogP contribution is -2.23. The first-order valence-corrected chi connectivity index (χ1v) is 7.69. The van der Waals surface area contributed by atoms with Gasteiger partial charge in [-0.05, 0) is 30.2 Å². The van der Waals surface area contributed by atoms with Crippen molar-refractivity contribution in [3.05, 3.63) is 71.4 Å². The smallest absolute Gasteiger partial charge is 0.255 e. The van der Waals surface area contributed by atoms with Gasteiger partial charge in [-0.2, -0.15) is 5.10 Å². The molecule has 0 aliphatic heterocycles. The Morgan fingerprint density at radius 3 is 2.83 bits per heavy atom. The van der Waals surface area contributed by atoms with Crippen LogP contribution in [0, 0.1) is 6.92 Å². The monoisotopic (exact) mass is 321 g/mol. The molecular weight excluding hydrogens is 302 g/mol. The van der Waals surface area contributed by atoms with Crippen molar-refractivity contribution in [3.8, 4) is 17.0 Å². The second-order valence-electron chi connectivity index (χ2n) is 5.50. The lowest BCUT2D eigenvalue weighted by Gasteiger charge is -2.09. The van der Waals surface area contributed by atoms with Crippen LogP contribution in [0.1, 0.15) is 21.5 Å². The molecule has 1 aromatic heterocycles. The van der Waals surface area contributed by atoms with E-state index < -0.39 is 0 Å². The van der Waals surface area contributed by atoms with Gasteiger partial charge in [0.15, 0.2) is 0 Å². The van der Waals surface area contributed by atoms with E-state index in [2.05, 4.69) is 15.5 Å². The molecule has 3 aromatic rings. The summed E-state index contributed by atoms with van der Waals surface area (Å²) in [5.41, 5.74) is 4.29. The topological polar surface area (TPSA) is 67.0 Å². The maximum absolute atomic E-state index is 12.5. The summed E-state index contributed by atoms with van der Waals surface area (Å²) in [5.74, 6) is 0.568. The first-order valence-electron chi connectivity index (χ1n) is 7.69. The number of hydrogen-bond acceptors (Lipinski definition) is 3. The van der Waals surface area contributed by atoms with Gasteiger partial charge in [-0.25, -0.2) is 0 Å². The highest BCUT2D eigenvalue weighted by atomic mass is 16.5. The Morgan fingerprint density at radius 1 is 1.21 bits per heavy atom. The Balaban J connectivity index is 1.79. The first kappa shape index (κ1) is 15.8. The quantitative estimate of drug-likeness (QED) is 0.757. The number of hydrogen-bond donors (Lipinski definition) is 2. The van der Waals surface area contributed by atoms with Crippen molar-refractivity contribution in [1.82, 2.24) is 15.5 Å². The van der Waals surface area contributed by atoms with Gasteiger partial charge in [-0.1, -0.05) is 36.4 Å². The maximum Gasteiger partial charge on any atom is 0.255 e. The zero-order valence-electron chi connectivity index (χ0n) is 13.7. The van der Waals surface area contributed by atoms with E-state index in [0.29, 0.717) is 17.8 Å². The molecule has 0 radical (unpaired) electrons. The molecule has 0 spiro atoms. The molecule has 0 saturated carbocycles. The van der Waals surface area contributed by atoms with Gasteiger partial charge in [0.2, 0.25) is 0 Å². The summed E-state index contributed by atoms with van der Waals surface area (Å²) in [6.45, 7) is 2.51. The van der Waals surface area contributed by atoms with Crippen molar-refractivity contribution < 1.29 is 9.53 Å². The Kier molecular flexibility index (Phi) is 4.61. The van der Waals surface area contributed by atoms with Crippen LogP contribution in [-0.4, -0.2) is 23.2 Å². The van der Waals surface area contributed by atoms with Gasteiger partial charge >= 0.3 is 0 Å². The number of ether oxygens (including phenoxy) is 1. The number of aryl methyl sites for hydroxylation is 1. The molecule has 2 N–H and O–H groups in total. The zero-order chi connectivity index (χ0) is 16.9. The van der Waals surface area contributed by atoms with Crippen LogP contribution in [0.3, 0.4) is 0 Å². The molecule has 1 amide bonds. The van der Waals surface area contributed by atoms with Crippen LogP contribution in [0.25, 0.3) is 11.3 Å². The fourth-order valence-electron chi connectivity index (χ4n) is 2.54. The number of amides is 1. The molecule has 0 bridgehead atoms. The van der Waals surface area contributed by atoms with E-state index in [1.165, 1.54) is 0 Å². The molecule has 122 valence electrons. The minimum atomic E-state index is -0.162. The van der Waals surface area contributed by atoms with Crippen molar-refractivity contribution in [1.29, 1.82) is 0 Å². The SMILES string of the molecule is COc1cccc(-c2[nH]ncc2C(=O)NCc2ccccc2C)c1. The highest BCUT2D eigenvalue weighted by Crippen LogP contribution is 2.25. The van der Waals surface area contributed by atoms with E-state index in [1.807, 2.05) is 55.5 Å². The summed E-state index contributed by atoms with van der Waals surface area (Å²) >= 11 is 0. The van der Waals surface area contributed by atoms with Crippen molar-refractivity contribution in [2.45, 2.75) is 13.5 Å². The van der Waals surface area contributed by atoms with E-state index in [-0.39, 0.29) is 5.91 Å². The van der Waals surface area contributed by atoms with Crippen LogP contribution in [0.2, 0.25) is 0 Å². The van der Waals surface area contributed by atoms with Gasteiger partial charge in [0, 0.05) is 12.1 Å². The van der Waals surface area contributed by atoms with Crippen molar-refractivity contribution >= 4 is 5.91 Å². The number of H-pyrrole nitrogens is 1. The lowest BCUT2D eigenvalue weighted by molar-refractivity contribution is 0.0951. The molecule has 1 heterocycles. The highest BCUT2D eigenvalue weighted by molar-refractivity contribution is 5.99.